The van der Waals surface area contributed by atoms with E-state index in [2.05, 4.69) is 10.1 Å². The van der Waals surface area contributed by atoms with E-state index in [-0.39, 0.29) is 31.0 Å². The van der Waals surface area contributed by atoms with Crippen molar-refractivity contribution in [3.8, 4) is 0 Å². The van der Waals surface area contributed by atoms with Gasteiger partial charge in [0.15, 0.2) is 0 Å². The molecule has 2 rings (SSSR count). The van der Waals surface area contributed by atoms with Gasteiger partial charge in [0.25, 0.3) is 5.91 Å². The first-order chi connectivity index (χ1) is 11.9. The van der Waals surface area contributed by atoms with Crippen LogP contribution in [0.1, 0.15) is 15.9 Å². The van der Waals surface area contributed by atoms with E-state index in [1.807, 2.05) is 0 Å². The molecule has 134 valence electrons. The van der Waals surface area contributed by atoms with Crippen molar-refractivity contribution < 1.29 is 29.0 Å². The van der Waals surface area contributed by atoms with Gasteiger partial charge in [-0.05, 0) is 30.7 Å². The van der Waals surface area contributed by atoms with E-state index in [1.165, 1.54) is 19.1 Å². The zero-order valence-corrected chi connectivity index (χ0v) is 14.3. The van der Waals surface area contributed by atoms with Crippen molar-refractivity contribution in [3.63, 3.8) is 0 Å². The van der Waals surface area contributed by atoms with Crippen LogP contribution >= 0.6 is 0 Å². The number of β-amino-alcohol motifs (C(OH)–C–C–N with tert-alkyl or cyclic N) is 1. The lowest BCUT2D eigenvalue weighted by Gasteiger charge is -2.15. The summed E-state index contributed by atoms with van der Waals surface area (Å²) in [6.45, 7) is 1.73. The van der Waals surface area contributed by atoms with Gasteiger partial charge in [0.1, 0.15) is 5.70 Å². The normalized spacial score (nSPS) is 13.9. The molecule has 1 aromatic rings. The number of hydrogen-bond donors (Lipinski definition) is 2. The van der Waals surface area contributed by atoms with Crippen molar-refractivity contribution in [1.82, 2.24) is 4.90 Å². The van der Waals surface area contributed by atoms with Crippen molar-refractivity contribution in [3.05, 3.63) is 40.6 Å². The largest absolute Gasteiger partial charge is 0.466 e. The highest BCUT2D eigenvalue weighted by molar-refractivity contribution is 6.08. The summed E-state index contributed by atoms with van der Waals surface area (Å²) in [5.41, 5.74) is 1.95. The molecule has 8 nitrogen and oxygen atoms in total. The quantitative estimate of drug-likeness (QED) is 0.719. The molecule has 0 aromatic heterocycles. The molecule has 0 fully saturated rings. The van der Waals surface area contributed by atoms with Gasteiger partial charge in [-0.15, -0.1) is 0 Å². The molecule has 0 aliphatic carbocycles. The lowest BCUT2D eigenvalue weighted by atomic mass is 10.1. The van der Waals surface area contributed by atoms with Gasteiger partial charge in [-0.25, -0.2) is 9.59 Å². The maximum absolute atomic E-state index is 12.5. The van der Waals surface area contributed by atoms with Gasteiger partial charge in [-0.1, -0.05) is 0 Å². The number of amides is 1. The predicted octanol–water partition coefficient (Wildman–Crippen LogP) is 0.455. The second-order valence-electron chi connectivity index (χ2n) is 5.44. The number of nitrogens with zero attached hydrogens (tertiary/aromatic N) is 1. The number of benzene rings is 1. The number of carbonyl (C=O) groups excluding carboxylic acids is 3. The minimum atomic E-state index is -0.611. The maximum atomic E-state index is 12.5. The zero-order valence-electron chi connectivity index (χ0n) is 14.3. The third-order valence-electron chi connectivity index (χ3n) is 3.86. The summed E-state index contributed by atoms with van der Waals surface area (Å²) in [6.07, 6.45) is 0. The Morgan fingerprint density at radius 1 is 1.24 bits per heavy atom. The number of aliphatic hydroxyl groups is 1. The van der Waals surface area contributed by atoms with Gasteiger partial charge in [-0.3, -0.25) is 4.79 Å². The van der Waals surface area contributed by atoms with Crippen LogP contribution in [0, 0.1) is 6.92 Å². The maximum Gasteiger partial charge on any atom is 0.337 e. The average Bonchev–Trinajstić information content (AvgIpc) is 2.92. The van der Waals surface area contributed by atoms with Gasteiger partial charge in [-0.2, -0.15) is 0 Å². The first-order valence-corrected chi connectivity index (χ1v) is 7.60. The monoisotopic (exact) mass is 348 g/mol. The molecule has 25 heavy (non-hydrogen) atoms. The molecule has 0 radical (unpaired) electrons. The highest BCUT2D eigenvalue weighted by Crippen LogP contribution is 2.25. The molecule has 1 aliphatic heterocycles. The Kier molecular flexibility index (Phi) is 5.76. The van der Waals surface area contributed by atoms with E-state index in [1.54, 1.807) is 25.1 Å². The summed E-state index contributed by atoms with van der Waals surface area (Å²) in [5.74, 6) is -1.47. The van der Waals surface area contributed by atoms with Crippen LogP contribution in [-0.2, 0) is 19.1 Å². The summed E-state index contributed by atoms with van der Waals surface area (Å²) in [5, 5.41) is 12.0. The molecule has 0 bridgehead atoms. The molecule has 0 unspecified atom stereocenters. The van der Waals surface area contributed by atoms with Crippen LogP contribution in [0.2, 0.25) is 0 Å². The van der Waals surface area contributed by atoms with E-state index in [4.69, 9.17) is 9.84 Å². The van der Waals surface area contributed by atoms with Gasteiger partial charge >= 0.3 is 11.9 Å². The van der Waals surface area contributed by atoms with Crippen LogP contribution in [0.4, 0.5) is 5.69 Å². The molecule has 1 aliphatic rings. The van der Waals surface area contributed by atoms with Crippen LogP contribution in [0.5, 0.6) is 0 Å². The molecular formula is C17H20N2O6. The Balaban J connectivity index is 2.33. The third-order valence-corrected chi connectivity index (χ3v) is 3.86. The van der Waals surface area contributed by atoms with Gasteiger partial charge in [0.05, 0.1) is 38.5 Å². The molecule has 1 heterocycles. The van der Waals surface area contributed by atoms with Crippen molar-refractivity contribution in [1.29, 1.82) is 0 Å². The number of anilines is 1. The van der Waals surface area contributed by atoms with E-state index in [0.29, 0.717) is 16.8 Å². The van der Waals surface area contributed by atoms with E-state index < -0.39 is 17.8 Å². The highest BCUT2D eigenvalue weighted by Gasteiger charge is 2.34. The lowest BCUT2D eigenvalue weighted by Crippen LogP contribution is -2.31. The standard InChI is InChI=1S/C17H20N2O6/c1-10-8-11(16(22)24-2)4-5-13(10)18-14-12(17(23)25-3)9-19(6-7-20)15(14)21/h4-5,8,18,20H,6-7,9H2,1-3H3. The Hall–Kier alpha value is -2.87. The fourth-order valence-electron chi connectivity index (χ4n) is 2.53. The summed E-state index contributed by atoms with van der Waals surface area (Å²) in [7, 11) is 2.53. The molecule has 1 amide bonds. The van der Waals surface area contributed by atoms with Crippen LogP contribution in [-0.4, -0.2) is 61.8 Å². The molecule has 0 saturated carbocycles. The summed E-state index contributed by atoms with van der Waals surface area (Å²) < 4.78 is 9.40. The minimum absolute atomic E-state index is 0.0632. The second-order valence-corrected chi connectivity index (χ2v) is 5.44. The van der Waals surface area contributed by atoms with Gasteiger partial charge in [0, 0.05) is 12.2 Å². The first kappa shape index (κ1) is 18.5. The average molecular weight is 348 g/mol. The Morgan fingerprint density at radius 3 is 2.48 bits per heavy atom. The van der Waals surface area contributed by atoms with Crippen molar-refractivity contribution in [2.45, 2.75) is 6.92 Å². The van der Waals surface area contributed by atoms with E-state index in [0.717, 1.165) is 0 Å². The number of nitrogens with one attached hydrogen (secondary N) is 1. The number of aryl methyl sites for hydroxylation is 1. The van der Waals surface area contributed by atoms with Crippen LogP contribution in [0.15, 0.2) is 29.5 Å². The molecule has 1 aromatic carbocycles. The molecule has 0 atom stereocenters. The number of rotatable bonds is 6. The summed E-state index contributed by atoms with van der Waals surface area (Å²) in [4.78, 5) is 37.4. The number of esters is 2. The minimum Gasteiger partial charge on any atom is -0.466 e. The van der Waals surface area contributed by atoms with Crippen LogP contribution in [0.25, 0.3) is 0 Å². The van der Waals surface area contributed by atoms with E-state index >= 15 is 0 Å². The second kappa shape index (κ2) is 7.80. The first-order valence-electron chi connectivity index (χ1n) is 7.60. The van der Waals surface area contributed by atoms with Crippen molar-refractivity contribution >= 4 is 23.5 Å². The summed E-state index contributed by atoms with van der Waals surface area (Å²) >= 11 is 0. The molecule has 0 saturated heterocycles. The molecular weight excluding hydrogens is 328 g/mol. The molecule has 2 N–H and O–H groups in total. The number of ether oxygens (including phenoxy) is 2. The van der Waals surface area contributed by atoms with E-state index in [9.17, 15) is 14.4 Å². The third kappa shape index (κ3) is 3.80. The Bertz CT molecular complexity index is 741. The fraction of sp³-hybridized carbons (Fsp3) is 0.353. The Labute approximate surface area is 145 Å². The van der Waals surface area contributed by atoms with Crippen molar-refractivity contribution in [2.75, 3.05) is 39.2 Å². The zero-order chi connectivity index (χ0) is 18.6. The number of aliphatic hydroxyl groups excluding tert-OH is 1. The topological polar surface area (TPSA) is 105 Å². The van der Waals surface area contributed by atoms with Crippen molar-refractivity contribution in [2.24, 2.45) is 0 Å². The van der Waals surface area contributed by atoms with Gasteiger partial charge < -0.3 is 24.8 Å². The highest BCUT2D eigenvalue weighted by atomic mass is 16.5. The van der Waals surface area contributed by atoms with Gasteiger partial charge in [0.2, 0.25) is 0 Å². The Morgan fingerprint density at radius 2 is 1.92 bits per heavy atom. The lowest BCUT2D eigenvalue weighted by molar-refractivity contribution is -0.136. The predicted molar refractivity (Wildman–Crippen MR) is 88.8 cm³/mol. The van der Waals surface area contributed by atoms with Crippen LogP contribution in [0.3, 0.4) is 0 Å². The van der Waals surface area contributed by atoms with Crippen LogP contribution < -0.4 is 5.32 Å². The number of methoxy groups -OCH3 is 2. The SMILES string of the molecule is COC(=O)C1=C(Nc2ccc(C(=O)OC)cc2C)C(=O)N(CCO)C1. The molecule has 0 spiro atoms. The fourth-order valence-corrected chi connectivity index (χ4v) is 2.53. The number of carbonyl (C=O) groups is 3. The molecule has 8 heteroatoms. The smallest absolute Gasteiger partial charge is 0.337 e. The number of hydrogen-bond acceptors (Lipinski definition) is 7. The summed E-state index contributed by atoms with van der Waals surface area (Å²) in [6, 6.07) is 4.81.